The van der Waals surface area contributed by atoms with Gasteiger partial charge < -0.3 is 24.8 Å². The van der Waals surface area contributed by atoms with Gasteiger partial charge in [-0.15, -0.1) is 0 Å². The van der Waals surface area contributed by atoms with Crippen LogP contribution in [0.4, 0.5) is 17.2 Å². The van der Waals surface area contributed by atoms with Crippen molar-refractivity contribution in [2.24, 2.45) is 0 Å². The smallest absolute Gasteiger partial charge is 0.256 e. The van der Waals surface area contributed by atoms with E-state index in [1.165, 1.54) is 0 Å². The number of aromatic nitrogens is 1. The Kier molecular flexibility index (Phi) is 4.95. The Bertz CT molecular complexity index is 913. The predicted octanol–water partition coefficient (Wildman–Crippen LogP) is 3.06. The maximum atomic E-state index is 13.4. The zero-order valence-corrected chi connectivity index (χ0v) is 16.2. The quantitative estimate of drug-likeness (QED) is 0.813. The summed E-state index contributed by atoms with van der Waals surface area (Å²) in [4.78, 5) is 19.7. The van der Waals surface area contributed by atoms with Crippen LogP contribution in [0.25, 0.3) is 0 Å². The summed E-state index contributed by atoms with van der Waals surface area (Å²) in [6.07, 6.45) is 4.03. The molecule has 0 spiro atoms. The number of anilines is 3. The average molecular weight is 395 g/mol. The molecule has 2 saturated heterocycles. The van der Waals surface area contributed by atoms with Crippen molar-refractivity contribution in [2.75, 3.05) is 23.4 Å². The molecule has 3 aliphatic rings. The number of hydrogen-bond acceptors (Lipinski definition) is 6. The molecule has 3 aliphatic heterocycles. The highest BCUT2D eigenvalue weighted by molar-refractivity contribution is 6.00. The lowest BCUT2D eigenvalue weighted by Crippen LogP contribution is -2.41. The molecular weight excluding hydrogens is 370 g/mol. The second kappa shape index (κ2) is 7.74. The van der Waals surface area contributed by atoms with E-state index in [9.17, 15) is 9.90 Å². The van der Waals surface area contributed by atoms with E-state index in [1.54, 1.807) is 11.1 Å². The molecule has 5 rings (SSSR count). The number of carbonyl (C=O) groups excluding carboxylic acids is 1. The van der Waals surface area contributed by atoms with Gasteiger partial charge in [-0.3, -0.25) is 4.79 Å². The number of ether oxygens (including phenoxy) is 2. The first kappa shape index (κ1) is 18.5. The maximum absolute atomic E-state index is 13.4. The van der Waals surface area contributed by atoms with E-state index in [0.29, 0.717) is 26.2 Å². The highest BCUT2D eigenvalue weighted by Gasteiger charge is 2.33. The summed E-state index contributed by atoms with van der Waals surface area (Å²) in [5.41, 5.74) is 3.55. The molecular formula is C22H25N3O4. The van der Waals surface area contributed by atoms with E-state index >= 15 is 0 Å². The first-order chi connectivity index (χ1) is 14.2. The van der Waals surface area contributed by atoms with Crippen LogP contribution in [0.1, 0.15) is 42.9 Å². The van der Waals surface area contributed by atoms with Crippen LogP contribution in [0.3, 0.4) is 0 Å². The van der Waals surface area contributed by atoms with Gasteiger partial charge in [-0.25, -0.2) is 4.98 Å². The number of aliphatic hydroxyl groups is 1. The Morgan fingerprint density at radius 3 is 2.97 bits per heavy atom. The van der Waals surface area contributed by atoms with Gasteiger partial charge in [-0.05, 0) is 43.0 Å². The van der Waals surface area contributed by atoms with Gasteiger partial charge in [0, 0.05) is 24.8 Å². The van der Waals surface area contributed by atoms with Gasteiger partial charge in [0.15, 0.2) is 0 Å². The van der Waals surface area contributed by atoms with Gasteiger partial charge in [-0.1, -0.05) is 12.1 Å². The minimum absolute atomic E-state index is 0.0195. The number of nitrogens with zero attached hydrogens (tertiary/aromatic N) is 2. The van der Waals surface area contributed by atoms with Crippen molar-refractivity contribution in [3.8, 4) is 0 Å². The first-order valence-corrected chi connectivity index (χ1v) is 10.3. The van der Waals surface area contributed by atoms with Crippen LogP contribution in [-0.2, 0) is 20.8 Å². The summed E-state index contributed by atoms with van der Waals surface area (Å²) < 4.78 is 11.5. The molecule has 2 unspecified atom stereocenters. The Balaban J connectivity index is 1.54. The fraction of sp³-hybridized carbons (Fsp3) is 0.455. The fourth-order valence-corrected chi connectivity index (χ4v) is 4.29. The zero-order chi connectivity index (χ0) is 19.8. The summed E-state index contributed by atoms with van der Waals surface area (Å²) >= 11 is 0. The van der Waals surface area contributed by atoms with E-state index in [0.717, 1.165) is 47.6 Å². The molecule has 7 heteroatoms. The van der Waals surface area contributed by atoms with Crippen molar-refractivity contribution in [1.82, 2.24) is 4.98 Å². The number of fused-ring (bicyclic) bond motifs is 2. The van der Waals surface area contributed by atoms with Gasteiger partial charge in [0.05, 0.1) is 36.7 Å². The largest absolute Gasteiger partial charge is 0.391 e. The summed E-state index contributed by atoms with van der Waals surface area (Å²) in [5.74, 6) is 0.739. The fourth-order valence-electron chi connectivity index (χ4n) is 4.29. The molecule has 3 atom stereocenters. The van der Waals surface area contributed by atoms with Crippen molar-refractivity contribution >= 4 is 23.1 Å². The third-order valence-corrected chi connectivity index (χ3v) is 5.85. The van der Waals surface area contributed by atoms with Crippen LogP contribution in [0.15, 0.2) is 36.5 Å². The predicted molar refractivity (Wildman–Crippen MR) is 108 cm³/mol. The zero-order valence-electron chi connectivity index (χ0n) is 16.2. The lowest BCUT2D eigenvalue weighted by Gasteiger charge is -2.30. The van der Waals surface area contributed by atoms with Crippen molar-refractivity contribution in [1.29, 1.82) is 0 Å². The van der Waals surface area contributed by atoms with Crippen LogP contribution in [0, 0.1) is 0 Å². The highest BCUT2D eigenvalue weighted by atomic mass is 16.5. The third-order valence-electron chi connectivity index (χ3n) is 5.85. The molecule has 7 nitrogen and oxygen atoms in total. The molecule has 152 valence electrons. The van der Waals surface area contributed by atoms with Crippen LogP contribution >= 0.6 is 0 Å². The molecule has 0 bridgehead atoms. The Hall–Kier alpha value is -2.48. The van der Waals surface area contributed by atoms with Crippen LogP contribution < -0.4 is 10.2 Å². The maximum Gasteiger partial charge on any atom is 0.256 e. The van der Waals surface area contributed by atoms with Crippen LogP contribution in [0.5, 0.6) is 0 Å². The SMILES string of the molecule is O=C([C@H]1CCCCO1)N1Cc2cccnc2Nc2ccc(C3CC(O)CO3)cc21. The standard InChI is InChI=1S/C22H25N3O4/c26-16-11-20(29-13-16)14-6-7-17-18(10-14)25(22(27)19-5-1-2-9-28-19)12-15-4-3-8-23-21(15)24-17/h3-4,6-8,10,16,19-20,26H,1-2,5,9,11-13H2,(H,23,24)/t16?,19-,20?/m1/s1. The number of nitrogens with one attached hydrogen (secondary N) is 1. The van der Waals surface area contributed by atoms with Crippen LogP contribution in [0.2, 0.25) is 0 Å². The summed E-state index contributed by atoms with van der Waals surface area (Å²) in [6, 6.07) is 9.82. The molecule has 1 amide bonds. The van der Waals surface area contributed by atoms with Gasteiger partial charge in [0.1, 0.15) is 11.9 Å². The molecule has 1 aromatic heterocycles. The van der Waals surface area contributed by atoms with Crippen molar-refractivity contribution in [3.05, 3.63) is 47.7 Å². The molecule has 0 radical (unpaired) electrons. The van der Waals surface area contributed by atoms with E-state index in [2.05, 4.69) is 10.3 Å². The lowest BCUT2D eigenvalue weighted by atomic mass is 10.0. The molecule has 2 fully saturated rings. The Morgan fingerprint density at radius 1 is 1.24 bits per heavy atom. The number of aliphatic hydroxyl groups excluding tert-OH is 1. The molecule has 0 saturated carbocycles. The molecule has 2 aromatic rings. The van der Waals surface area contributed by atoms with Gasteiger partial charge in [-0.2, -0.15) is 0 Å². The Morgan fingerprint density at radius 2 is 2.17 bits per heavy atom. The van der Waals surface area contributed by atoms with Crippen molar-refractivity contribution in [3.63, 3.8) is 0 Å². The number of hydrogen-bond donors (Lipinski definition) is 2. The number of benzene rings is 1. The Labute approximate surface area is 169 Å². The minimum Gasteiger partial charge on any atom is -0.391 e. The van der Waals surface area contributed by atoms with E-state index in [1.807, 2.05) is 30.3 Å². The molecule has 2 N–H and O–H groups in total. The van der Waals surface area contributed by atoms with Gasteiger partial charge >= 0.3 is 0 Å². The number of rotatable bonds is 2. The molecule has 29 heavy (non-hydrogen) atoms. The van der Waals surface area contributed by atoms with Crippen molar-refractivity contribution < 1.29 is 19.4 Å². The van der Waals surface area contributed by atoms with E-state index in [4.69, 9.17) is 9.47 Å². The number of amides is 1. The summed E-state index contributed by atoms with van der Waals surface area (Å²) in [6.45, 7) is 1.40. The monoisotopic (exact) mass is 395 g/mol. The average Bonchev–Trinajstić information content (AvgIpc) is 3.12. The topological polar surface area (TPSA) is 83.9 Å². The normalized spacial score (nSPS) is 26.2. The highest BCUT2D eigenvalue weighted by Crippen LogP contribution is 2.39. The number of carbonyl (C=O) groups is 1. The second-order valence-electron chi connectivity index (χ2n) is 7.90. The molecule has 1 aromatic carbocycles. The third kappa shape index (κ3) is 3.61. The van der Waals surface area contributed by atoms with E-state index < -0.39 is 12.2 Å². The minimum atomic E-state index is -0.446. The first-order valence-electron chi connectivity index (χ1n) is 10.3. The summed E-state index contributed by atoms with van der Waals surface area (Å²) in [5, 5.41) is 13.2. The number of pyridine rings is 1. The van der Waals surface area contributed by atoms with Crippen LogP contribution in [-0.4, -0.2) is 41.4 Å². The molecule has 0 aliphatic carbocycles. The van der Waals surface area contributed by atoms with Gasteiger partial charge in [0.25, 0.3) is 5.91 Å². The van der Waals surface area contributed by atoms with E-state index in [-0.39, 0.29) is 12.0 Å². The second-order valence-corrected chi connectivity index (χ2v) is 7.90. The van der Waals surface area contributed by atoms with Crippen molar-refractivity contribution in [2.45, 2.75) is 50.5 Å². The molecule has 4 heterocycles. The summed E-state index contributed by atoms with van der Waals surface area (Å²) in [7, 11) is 0. The van der Waals surface area contributed by atoms with Gasteiger partial charge in [0.2, 0.25) is 0 Å². The lowest BCUT2D eigenvalue weighted by molar-refractivity contribution is -0.132.